The second-order valence-corrected chi connectivity index (χ2v) is 10.2. The lowest BCUT2D eigenvalue weighted by molar-refractivity contribution is -0.134. The van der Waals surface area contributed by atoms with Gasteiger partial charge in [-0.05, 0) is 67.9 Å². The van der Waals surface area contributed by atoms with Gasteiger partial charge in [0.05, 0.1) is 0 Å². The quantitative estimate of drug-likeness (QED) is 0.649. The first-order chi connectivity index (χ1) is 15.0. The van der Waals surface area contributed by atoms with E-state index in [1.54, 1.807) is 0 Å². The summed E-state index contributed by atoms with van der Waals surface area (Å²) in [6.45, 7) is -0.198. The van der Waals surface area contributed by atoms with Gasteiger partial charge in [0.25, 0.3) is 5.91 Å². The number of hydrogen-bond acceptors (Lipinski definition) is 3. The lowest BCUT2D eigenvalue weighted by Gasteiger charge is -2.56. The van der Waals surface area contributed by atoms with Crippen molar-refractivity contribution in [3.05, 3.63) is 36.0 Å². The SMILES string of the molecule is O=C(CN1C(=O)N[C@@H](Cc2c[nH]c3ccccc23)C1=O)NC12CC3CC(CC(C3)C1)C2. The maximum Gasteiger partial charge on any atom is 0.325 e. The number of imide groups is 1. The number of para-hydroxylation sites is 1. The molecule has 3 N–H and O–H groups in total. The number of aromatic nitrogens is 1. The first kappa shape index (κ1) is 18.9. The molecular formula is C24H28N4O3. The Bertz CT molecular complexity index is 1040. The highest BCUT2D eigenvalue weighted by molar-refractivity contribution is 6.06. The standard InChI is InChI=1S/C24H28N4O3/c29-21(27-24-9-14-5-15(10-24)7-16(6-14)11-24)13-28-22(30)20(26-23(28)31)8-17-12-25-19-4-2-1-3-18(17)19/h1-4,12,14-16,20,25H,5-11,13H2,(H,26,31)(H,27,29)/t14?,15?,16?,20-,24?/m0/s1. The molecule has 0 spiro atoms. The van der Waals surface area contributed by atoms with E-state index in [1.165, 1.54) is 19.3 Å². The molecule has 162 valence electrons. The number of benzene rings is 1. The van der Waals surface area contributed by atoms with E-state index in [4.69, 9.17) is 0 Å². The average Bonchev–Trinajstić information content (AvgIpc) is 3.23. The molecule has 31 heavy (non-hydrogen) atoms. The summed E-state index contributed by atoms with van der Waals surface area (Å²) in [6, 6.07) is 6.77. The maximum atomic E-state index is 12.9. The predicted octanol–water partition coefficient (Wildman–Crippen LogP) is 2.72. The van der Waals surface area contributed by atoms with Crippen molar-refractivity contribution in [1.29, 1.82) is 0 Å². The summed E-state index contributed by atoms with van der Waals surface area (Å²) < 4.78 is 0. The van der Waals surface area contributed by atoms with Crippen LogP contribution < -0.4 is 10.6 Å². The summed E-state index contributed by atoms with van der Waals surface area (Å²) >= 11 is 0. The second-order valence-electron chi connectivity index (χ2n) is 10.2. The van der Waals surface area contributed by atoms with Crippen molar-refractivity contribution in [3.63, 3.8) is 0 Å². The average molecular weight is 421 g/mol. The molecule has 1 aromatic carbocycles. The number of fused-ring (bicyclic) bond motifs is 1. The van der Waals surface area contributed by atoms with Gasteiger partial charge in [0, 0.05) is 29.1 Å². The van der Waals surface area contributed by atoms with Crippen molar-refractivity contribution in [2.45, 2.75) is 56.5 Å². The summed E-state index contributed by atoms with van der Waals surface area (Å²) in [4.78, 5) is 42.6. The zero-order valence-electron chi connectivity index (χ0n) is 17.5. The van der Waals surface area contributed by atoms with Gasteiger partial charge in [-0.2, -0.15) is 0 Å². The number of aromatic amines is 1. The molecule has 4 bridgehead atoms. The fraction of sp³-hybridized carbons (Fsp3) is 0.542. The Morgan fingerprint density at radius 3 is 2.45 bits per heavy atom. The molecule has 1 aromatic heterocycles. The minimum absolute atomic E-state index is 0.117. The molecule has 4 aliphatic carbocycles. The lowest BCUT2D eigenvalue weighted by atomic mass is 9.53. The summed E-state index contributed by atoms with van der Waals surface area (Å²) in [5, 5.41) is 7.07. The largest absolute Gasteiger partial charge is 0.361 e. The van der Waals surface area contributed by atoms with Crippen molar-refractivity contribution in [2.24, 2.45) is 17.8 Å². The van der Waals surface area contributed by atoms with Gasteiger partial charge >= 0.3 is 6.03 Å². The van der Waals surface area contributed by atoms with Crippen molar-refractivity contribution in [2.75, 3.05) is 6.54 Å². The van der Waals surface area contributed by atoms with Gasteiger partial charge in [-0.25, -0.2) is 4.79 Å². The minimum Gasteiger partial charge on any atom is -0.361 e. The Hall–Kier alpha value is -2.83. The normalized spacial score (nSPS) is 33.9. The Morgan fingerprint density at radius 1 is 1.06 bits per heavy atom. The molecule has 4 amide bonds. The fourth-order valence-electron chi connectivity index (χ4n) is 7.13. The number of nitrogens with one attached hydrogen (secondary N) is 3. The van der Waals surface area contributed by atoms with Crippen LogP contribution in [0.4, 0.5) is 4.79 Å². The number of nitrogens with zero attached hydrogens (tertiary/aromatic N) is 1. The summed E-state index contributed by atoms with van der Waals surface area (Å²) in [6.07, 6.45) is 9.34. The Morgan fingerprint density at radius 2 is 1.74 bits per heavy atom. The van der Waals surface area contributed by atoms with Crippen LogP contribution in [-0.2, 0) is 16.0 Å². The third kappa shape index (κ3) is 3.22. The highest BCUT2D eigenvalue weighted by atomic mass is 16.2. The molecule has 5 fully saturated rings. The number of hydrogen-bond donors (Lipinski definition) is 3. The van der Waals surface area contributed by atoms with Gasteiger partial charge in [0.15, 0.2) is 0 Å². The van der Waals surface area contributed by atoms with Crippen LogP contribution in [0.25, 0.3) is 10.9 Å². The molecule has 7 nitrogen and oxygen atoms in total. The maximum absolute atomic E-state index is 12.9. The number of H-pyrrole nitrogens is 1. The smallest absolute Gasteiger partial charge is 0.325 e. The van der Waals surface area contributed by atoms with E-state index < -0.39 is 12.1 Å². The van der Waals surface area contributed by atoms with Crippen LogP contribution in [0.2, 0.25) is 0 Å². The molecule has 2 heterocycles. The Labute approximate surface area is 180 Å². The van der Waals surface area contributed by atoms with E-state index in [9.17, 15) is 14.4 Å². The van der Waals surface area contributed by atoms with E-state index in [2.05, 4.69) is 15.6 Å². The number of carbonyl (C=O) groups is 3. The van der Waals surface area contributed by atoms with Gasteiger partial charge < -0.3 is 15.6 Å². The summed E-state index contributed by atoms with van der Waals surface area (Å²) in [5.41, 5.74) is 1.87. The molecule has 1 saturated heterocycles. The highest BCUT2D eigenvalue weighted by Gasteiger charge is 2.52. The second kappa shape index (κ2) is 6.84. The third-order valence-electron chi connectivity index (χ3n) is 7.95. The fourth-order valence-corrected chi connectivity index (χ4v) is 7.13. The van der Waals surface area contributed by atoms with Crippen LogP contribution in [0.3, 0.4) is 0 Å². The van der Waals surface area contributed by atoms with E-state index in [1.807, 2.05) is 30.5 Å². The van der Waals surface area contributed by atoms with Crippen LogP contribution in [0.1, 0.15) is 44.1 Å². The van der Waals surface area contributed by atoms with Gasteiger partial charge in [0.2, 0.25) is 5.91 Å². The minimum atomic E-state index is -0.640. The van der Waals surface area contributed by atoms with Crippen molar-refractivity contribution in [3.8, 4) is 0 Å². The monoisotopic (exact) mass is 420 g/mol. The molecule has 0 unspecified atom stereocenters. The van der Waals surface area contributed by atoms with Crippen LogP contribution in [0, 0.1) is 17.8 Å². The third-order valence-corrected chi connectivity index (χ3v) is 7.95. The van der Waals surface area contributed by atoms with Crippen LogP contribution >= 0.6 is 0 Å². The molecule has 7 rings (SSSR count). The zero-order chi connectivity index (χ0) is 21.2. The van der Waals surface area contributed by atoms with Gasteiger partial charge in [-0.15, -0.1) is 0 Å². The van der Waals surface area contributed by atoms with Gasteiger partial charge in [-0.3, -0.25) is 14.5 Å². The van der Waals surface area contributed by atoms with Crippen LogP contribution in [0.15, 0.2) is 30.5 Å². The topological polar surface area (TPSA) is 94.3 Å². The zero-order valence-corrected chi connectivity index (χ0v) is 17.5. The van der Waals surface area contributed by atoms with E-state index in [0.29, 0.717) is 6.42 Å². The van der Waals surface area contributed by atoms with E-state index >= 15 is 0 Å². The molecular weight excluding hydrogens is 392 g/mol. The van der Waals surface area contributed by atoms with E-state index in [0.717, 1.165) is 58.4 Å². The number of rotatable bonds is 5. The highest BCUT2D eigenvalue weighted by Crippen LogP contribution is 2.55. The number of urea groups is 1. The van der Waals surface area contributed by atoms with Gasteiger partial charge in [0.1, 0.15) is 12.6 Å². The Balaban J connectivity index is 1.12. The van der Waals surface area contributed by atoms with Crippen LogP contribution in [-0.4, -0.2) is 45.9 Å². The number of carbonyl (C=O) groups excluding carboxylic acids is 3. The summed E-state index contributed by atoms with van der Waals surface area (Å²) in [7, 11) is 0. The first-order valence-electron chi connectivity index (χ1n) is 11.5. The first-order valence-corrected chi connectivity index (χ1v) is 11.5. The van der Waals surface area contributed by atoms with Crippen molar-refractivity contribution >= 4 is 28.7 Å². The molecule has 0 radical (unpaired) electrons. The summed E-state index contributed by atoms with van der Waals surface area (Å²) in [5.74, 6) is 1.64. The van der Waals surface area contributed by atoms with E-state index in [-0.39, 0.29) is 23.9 Å². The predicted molar refractivity (Wildman–Crippen MR) is 115 cm³/mol. The van der Waals surface area contributed by atoms with Crippen molar-refractivity contribution < 1.29 is 14.4 Å². The molecule has 5 aliphatic rings. The molecule has 1 atom stereocenters. The lowest BCUT2D eigenvalue weighted by Crippen LogP contribution is -2.61. The van der Waals surface area contributed by atoms with Crippen LogP contribution in [0.5, 0.6) is 0 Å². The Kier molecular flexibility index (Phi) is 4.17. The molecule has 2 aromatic rings. The molecule has 7 heteroatoms. The van der Waals surface area contributed by atoms with Crippen molar-refractivity contribution in [1.82, 2.24) is 20.5 Å². The molecule has 1 aliphatic heterocycles. The van der Waals surface area contributed by atoms with Gasteiger partial charge in [-0.1, -0.05) is 18.2 Å². The molecule has 4 saturated carbocycles. The number of amides is 4.